The minimum atomic E-state index is -0.465. The zero-order valence-electron chi connectivity index (χ0n) is 35.3. The van der Waals surface area contributed by atoms with Crippen molar-refractivity contribution in [2.75, 3.05) is 30.5 Å². The Balaban J connectivity index is 0.875. The van der Waals surface area contributed by atoms with E-state index in [1.165, 1.54) is 35.3 Å². The predicted molar refractivity (Wildman–Crippen MR) is 243 cm³/mol. The Hall–Kier alpha value is -5.66. The lowest BCUT2D eigenvalue weighted by Gasteiger charge is -2.29. The van der Waals surface area contributed by atoms with Crippen LogP contribution < -0.4 is 15.0 Å². The van der Waals surface area contributed by atoms with Crippen molar-refractivity contribution in [3.05, 3.63) is 118 Å². The van der Waals surface area contributed by atoms with Crippen molar-refractivity contribution in [2.24, 2.45) is 0 Å². The molecule has 0 fully saturated rings. The molecule has 4 heterocycles. The number of amides is 1. The number of pyridine rings is 1. The lowest BCUT2D eigenvalue weighted by atomic mass is 9.94. The van der Waals surface area contributed by atoms with Crippen LogP contribution in [0.15, 0.2) is 85.1 Å². The van der Waals surface area contributed by atoms with Gasteiger partial charge in [-0.3, -0.25) is 19.9 Å². The topological polar surface area (TPSA) is 133 Å². The number of unbranched alkanes of at least 4 members (excludes halogenated alkanes) is 4. The number of thiazole rings is 2. The molecule has 318 valence electrons. The maximum Gasteiger partial charge on any atom is 0.357 e. The Bertz CT molecular complexity index is 2400. The number of fused-ring (bicyclic) bond motifs is 2. The van der Waals surface area contributed by atoms with Crippen LogP contribution >= 0.6 is 22.7 Å². The van der Waals surface area contributed by atoms with Crippen LogP contribution in [0, 0.1) is 0 Å². The van der Waals surface area contributed by atoms with E-state index in [9.17, 15) is 14.4 Å². The second-order valence-electron chi connectivity index (χ2n) is 16.2. The number of aryl methyl sites for hydroxylation is 2. The molecule has 0 spiro atoms. The van der Waals surface area contributed by atoms with Crippen LogP contribution in [0.5, 0.6) is 5.75 Å². The van der Waals surface area contributed by atoms with Gasteiger partial charge in [-0.15, -0.1) is 11.3 Å². The third-order valence-corrected chi connectivity index (χ3v) is 12.6. The normalized spacial score (nSPS) is 12.6. The van der Waals surface area contributed by atoms with E-state index in [1.54, 1.807) is 0 Å². The maximum atomic E-state index is 13.6. The van der Waals surface area contributed by atoms with E-state index in [2.05, 4.69) is 33.4 Å². The number of benzene rings is 3. The second kappa shape index (κ2) is 20.3. The quantitative estimate of drug-likeness (QED) is 0.0658. The number of para-hydroxylation sites is 1. The number of aromatic nitrogens is 3. The number of hydrogen-bond acceptors (Lipinski definition) is 12. The van der Waals surface area contributed by atoms with Crippen molar-refractivity contribution < 1.29 is 28.6 Å². The van der Waals surface area contributed by atoms with Gasteiger partial charge in [0.1, 0.15) is 11.4 Å². The van der Waals surface area contributed by atoms with E-state index in [1.807, 2.05) is 87.6 Å². The molecule has 1 amide bonds. The van der Waals surface area contributed by atoms with E-state index < -0.39 is 11.6 Å². The number of esters is 2. The number of nitrogens with zero attached hydrogens (tertiary/aromatic N) is 4. The Morgan fingerprint density at radius 2 is 1.64 bits per heavy atom. The Labute approximate surface area is 365 Å². The van der Waals surface area contributed by atoms with Crippen molar-refractivity contribution >= 4 is 61.0 Å². The molecule has 0 saturated carbocycles. The summed E-state index contributed by atoms with van der Waals surface area (Å²) >= 11 is 2.94. The summed E-state index contributed by atoms with van der Waals surface area (Å²) in [5.74, 6) is -0.0103. The highest BCUT2D eigenvalue weighted by atomic mass is 32.1. The van der Waals surface area contributed by atoms with Gasteiger partial charge in [0.2, 0.25) is 0 Å². The Morgan fingerprint density at radius 3 is 2.41 bits per heavy atom. The summed E-state index contributed by atoms with van der Waals surface area (Å²) in [7, 11) is 1.37. The first-order chi connectivity index (χ1) is 29.5. The number of carbonyl (C=O) groups is 3. The number of rotatable bonds is 18. The van der Waals surface area contributed by atoms with Gasteiger partial charge in [-0.05, 0) is 125 Å². The van der Waals surface area contributed by atoms with Crippen LogP contribution in [0.4, 0.5) is 10.3 Å². The van der Waals surface area contributed by atoms with Crippen LogP contribution in [0.2, 0.25) is 0 Å². The highest BCUT2D eigenvalue weighted by Gasteiger charge is 2.27. The van der Waals surface area contributed by atoms with Gasteiger partial charge in [0.15, 0.2) is 16.0 Å². The number of nitrogens with one attached hydrogen (secondary N) is 1. The van der Waals surface area contributed by atoms with Crippen molar-refractivity contribution in [3.8, 4) is 17.0 Å². The van der Waals surface area contributed by atoms with Gasteiger partial charge in [-0.25, -0.2) is 14.8 Å². The molecule has 0 unspecified atom stereocenters. The van der Waals surface area contributed by atoms with Crippen molar-refractivity contribution in [1.82, 2.24) is 15.0 Å². The van der Waals surface area contributed by atoms with E-state index >= 15 is 0 Å². The molecule has 11 nitrogen and oxygen atoms in total. The highest BCUT2D eigenvalue weighted by molar-refractivity contribution is 7.22. The van der Waals surface area contributed by atoms with Gasteiger partial charge in [-0.1, -0.05) is 60.9 Å². The smallest absolute Gasteiger partial charge is 0.357 e. The SMILES string of the molecule is COC(=O)c1nc(N2CCc3cccc(C(=O)Nc4nc5ccccc5s4)c3C2)sc1CCCOc1ccc(-c2ccc(CCCCCCCC(=O)OC(C)(C)C)cn2)cc1. The van der Waals surface area contributed by atoms with Gasteiger partial charge >= 0.3 is 11.9 Å². The summed E-state index contributed by atoms with van der Waals surface area (Å²) in [4.78, 5) is 55.4. The fourth-order valence-corrected chi connectivity index (χ4v) is 9.33. The minimum Gasteiger partial charge on any atom is -0.494 e. The molecular weight excluding hydrogens is 807 g/mol. The Morgan fingerprint density at radius 1 is 0.836 bits per heavy atom. The maximum absolute atomic E-state index is 13.6. The van der Waals surface area contributed by atoms with Crippen LogP contribution in [0.3, 0.4) is 0 Å². The molecule has 1 aliphatic heterocycles. The number of ether oxygens (including phenoxy) is 3. The first-order valence-electron chi connectivity index (χ1n) is 21.0. The standard InChI is InChI=1S/C48H53N5O6S2/c1-48(2,3)59-42(54)20-9-7-5-6-8-14-32-21-26-38(49-30-32)34-22-24-35(25-23-34)58-29-13-19-41-43(45(56)57-4)51-47(61-41)53-28-27-33-15-12-16-36(37(33)31-53)44(55)52-46-50-39-17-10-11-18-40(39)60-46/h10-12,15-18,21-26,30H,5-9,13-14,19-20,27-29,31H2,1-4H3,(H,50,52,55). The third-order valence-electron chi connectivity index (χ3n) is 10.4. The molecule has 1 aliphatic rings. The lowest BCUT2D eigenvalue weighted by Crippen LogP contribution is -2.32. The van der Waals surface area contributed by atoms with E-state index in [0.29, 0.717) is 55.3 Å². The summed E-state index contributed by atoms with van der Waals surface area (Å²) < 4.78 is 17.6. The molecule has 7 rings (SSSR count). The molecule has 1 N–H and O–H groups in total. The van der Waals surface area contributed by atoms with Gasteiger partial charge in [-0.2, -0.15) is 0 Å². The zero-order valence-corrected chi connectivity index (χ0v) is 37.0. The van der Waals surface area contributed by atoms with E-state index in [-0.39, 0.29) is 11.9 Å². The first kappa shape index (κ1) is 43.4. The molecular formula is C48H53N5O6S2. The summed E-state index contributed by atoms with van der Waals surface area (Å²) in [5, 5.41) is 4.30. The van der Waals surface area contributed by atoms with Crippen LogP contribution in [0.25, 0.3) is 21.5 Å². The first-order valence-corrected chi connectivity index (χ1v) is 22.7. The average Bonchev–Trinajstić information content (AvgIpc) is 3.88. The van der Waals surface area contributed by atoms with E-state index in [4.69, 9.17) is 24.2 Å². The molecule has 6 aromatic rings. The predicted octanol–water partition coefficient (Wildman–Crippen LogP) is 10.7. The van der Waals surface area contributed by atoms with Crippen molar-refractivity contribution in [1.29, 1.82) is 0 Å². The average molecular weight is 860 g/mol. The van der Waals surface area contributed by atoms with Crippen molar-refractivity contribution in [3.63, 3.8) is 0 Å². The van der Waals surface area contributed by atoms with Crippen LogP contribution in [0.1, 0.15) is 108 Å². The largest absolute Gasteiger partial charge is 0.494 e. The molecule has 61 heavy (non-hydrogen) atoms. The minimum absolute atomic E-state index is 0.112. The van der Waals surface area contributed by atoms with E-state index in [0.717, 1.165) is 93.3 Å². The summed E-state index contributed by atoms with van der Waals surface area (Å²) in [6, 6.07) is 25.8. The number of carbonyl (C=O) groups excluding carboxylic acids is 3. The molecule has 0 bridgehead atoms. The molecule has 0 atom stereocenters. The fraction of sp³-hybridized carbons (Fsp3) is 0.375. The van der Waals surface area contributed by atoms with Gasteiger partial charge in [0.05, 0.1) is 29.6 Å². The molecule has 3 aromatic carbocycles. The molecule has 0 radical (unpaired) electrons. The van der Waals surface area contributed by atoms with Crippen molar-refractivity contribution in [2.45, 2.75) is 97.1 Å². The number of anilines is 2. The summed E-state index contributed by atoms with van der Waals surface area (Å²) in [5.41, 5.74) is 6.59. The summed E-state index contributed by atoms with van der Waals surface area (Å²) in [6.45, 7) is 7.37. The monoisotopic (exact) mass is 859 g/mol. The number of hydrogen-bond donors (Lipinski definition) is 1. The molecule has 0 saturated heterocycles. The molecule has 13 heteroatoms. The van der Waals surface area contributed by atoms with Crippen LogP contribution in [-0.2, 0) is 40.1 Å². The van der Waals surface area contributed by atoms with Gasteiger partial charge < -0.3 is 19.1 Å². The lowest BCUT2D eigenvalue weighted by molar-refractivity contribution is -0.154. The second-order valence-corrected chi connectivity index (χ2v) is 18.3. The molecule has 3 aromatic heterocycles. The number of methoxy groups -OCH3 is 1. The third kappa shape index (κ3) is 11.8. The fourth-order valence-electron chi connectivity index (χ4n) is 7.36. The van der Waals surface area contributed by atoms with Gasteiger partial charge in [0, 0.05) is 41.7 Å². The summed E-state index contributed by atoms with van der Waals surface area (Å²) in [6.07, 6.45) is 10.7. The highest BCUT2D eigenvalue weighted by Crippen LogP contribution is 2.34. The molecule has 0 aliphatic carbocycles. The Kier molecular flexibility index (Phi) is 14.4. The van der Waals surface area contributed by atoms with Gasteiger partial charge in [0.25, 0.3) is 5.91 Å². The zero-order chi connectivity index (χ0) is 42.8. The van der Waals surface area contributed by atoms with Crippen LogP contribution in [-0.4, -0.2) is 58.7 Å².